The molecule has 9 aromatic carbocycles. The molecule has 55 heavy (non-hydrogen) atoms. The molecule has 258 valence electrons. The molecule has 11 aromatic rings. The predicted molar refractivity (Wildman–Crippen MR) is 235 cm³/mol. The molecule has 0 radical (unpaired) electrons. The van der Waals surface area contributed by atoms with Gasteiger partial charge in [-0.25, -0.2) is 0 Å². The number of anilines is 3. The third-order valence-electron chi connectivity index (χ3n) is 10.9. The maximum absolute atomic E-state index is 6.39. The van der Waals surface area contributed by atoms with Crippen LogP contribution < -0.4 is 4.90 Å². The average molecular weight is 720 g/mol. The third kappa shape index (κ3) is 5.32. The molecule has 11 rings (SSSR count). The number of benzene rings is 9. The van der Waals surface area contributed by atoms with Crippen molar-refractivity contribution in [1.82, 2.24) is 0 Å². The van der Waals surface area contributed by atoms with Gasteiger partial charge in [-0.3, -0.25) is 0 Å². The number of hydrogen-bond donors (Lipinski definition) is 0. The molecule has 0 unspecified atom stereocenters. The Morgan fingerprint density at radius 2 is 1.00 bits per heavy atom. The SMILES string of the molecule is c1cc(-c2ccc(-c3cccc4ccccc34)cc2)cc(N(c2ccccc2-c2ccc3c(c2)oc2ccccc23)c2cccc3sc4ccccc4c23)c1. The third-order valence-corrected chi connectivity index (χ3v) is 12.0. The molecule has 0 aliphatic rings. The number of furan rings is 1. The lowest BCUT2D eigenvalue weighted by atomic mass is 9.96. The second kappa shape index (κ2) is 12.9. The molecule has 0 saturated carbocycles. The Morgan fingerprint density at radius 1 is 0.364 bits per heavy atom. The fraction of sp³-hybridized carbons (Fsp3) is 0. The maximum atomic E-state index is 6.39. The van der Waals surface area contributed by atoms with Gasteiger partial charge in [0.05, 0.1) is 11.4 Å². The summed E-state index contributed by atoms with van der Waals surface area (Å²) in [7, 11) is 0. The van der Waals surface area contributed by atoms with E-state index in [0.717, 1.165) is 55.7 Å². The topological polar surface area (TPSA) is 16.4 Å². The Bertz CT molecular complexity index is 3220. The molecule has 0 amide bonds. The van der Waals surface area contributed by atoms with Crippen molar-refractivity contribution in [3.05, 3.63) is 200 Å². The molecular weight excluding hydrogens is 687 g/mol. The Balaban J connectivity index is 1.08. The van der Waals surface area contributed by atoms with Crippen molar-refractivity contribution in [2.75, 3.05) is 4.90 Å². The van der Waals surface area contributed by atoms with E-state index in [1.54, 1.807) is 0 Å². The van der Waals surface area contributed by atoms with Crippen LogP contribution in [0.1, 0.15) is 0 Å². The summed E-state index contributed by atoms with van der Waals surface area (Å²) in [6, 6.07) is 72.3. The number of thiophene rings is 1. The lowest BCUT2D eigenvalue weighted by Gasteiger charge is -2.29. The van der Waals surface area contributed by atoms with Gasteiger partial charge < -0.3 is 9.32 Å². The monoisotopic (exact) mass is 719 g/mol. The van der Waals surface area contributed by atoms with Gasteiger partial charge in [0.2, 0.25) is 0 Å². The van der Waals surface area contributed by atoms with E-state index in [1.807, 2.05) is 23.5 Å². The first kappa shape index (κ1) is 31.6. The van der Waals surface area contributed by atoms with E-state index in [-0.39, 0.29) is 0 Å². The van der Waals surface area contributed by atoms with E-state index >= 15 is 0 Å². The van der Waals surface area contributed by atoms with Crippen molar-refractivity contribution < 1.29 is 4.42 Å². The van der Waals surface area contributed by atoms with Gasteiger partial charge in [0, 0.05) is 42.2 Å². The van der Waals surface area contributed by atoms with Crippen molar-refractivity contribution in [2.24, 2.45) is 0 Å². The first-order valence-corrected chi connectivity index (χ1v) is 19.5. The average Bonchev–Trinajstić information content (AvgIpc) is 3.82. The van der Waals surface area contributed by atoms with E-state index in [4.69, 9.17) is 4.42 Å². The van der Waals surface area contributed by atoms with Crippen LogP contribution in [0.5, 0.6) is 0 Å². The quantitative estimate of drug-likeness (QED) is 0.170. The number of hydrogen-bond acceptors (Lipinski definition) is 3. The van der Waals surface area contributed by atoms with Crippen LogP contribution in [0.25, 0.3) is 86.3 Å². The molecular formula is C52H33NOS. The molecule has 2 aromatic heterocycles. The smallest absolute Gasteiger partial charge is 0.136 e. The Kier molecular flexibility index (Phi) is 7.39. The summed E-state index contributed by atoms with van der Waals surface area (Å²) in [5.74, 6) is 0. The van der Waals surface area contributed by atoms with E-state index in [2.05, 4.69) is 193 Å². The normalized spacial score (nSPS) is 11.6. The molecule has 0 atom stereocenters. The first-order chi connectivity index (χ1) is 27.3. The van der Waals surface area contributed by atoms with E-state index < -0.39 is 0 Å². The van der Waals surface area contributed by atoms with Gasteiger partial charge in [-0.15, -0.1) is 11.3 Å². The molecule has 0 saturated heterocycles. The van der Waals surface area contributed by atoms with Gasteiger partial charge in [0.15, 0.2) is 0 Å². The van der Waals surface area contributed by atoms with Crippen LogP contribution in [0.15, 0.2) is 205 Å². The zero-order chi connectivity index (χ0) is 36.3. The highest BCUT2D eigenvalue weighted by molar-refractivity contribution is 7.26. The largest absolute Gasteiger partial charge is 0.456 e. The van der Waals surface area contributed by atoms with E-state index in [0.29, 0.717) is 0 Å². The molecule has 0 aliphatic carbocycles. The zero-order valence-electron chi connectivity index (χ0n) is 29.8. The van der Waals surface area contributed by atoms with Crippen molar-refractivity contribution >= 4 is 81.3 Å². The van der Waals surface area contributed by atoms with Crippen molar-refractivity contribution in [3.63, 3.8) is 0 Å². The molecule has 2 heterocycles. The van der Waals surface area contributed by atoms with E-state index in [1.165, 1.54) is 47.6 Å². The van der Waals surface area contributed by atoms with Gasteiger partial charge in [-0.05, 0) is 93.2 Å². The maximum Gasteiger partial charge on any atom is 0.136 e. The summed E-state index contributed by atoms with van der Waals surface area (Å²) < 4.78 is 8.94. The minimum atomic E-state index is 0.889. The van der Waals surface area contributed by atoms with E-state index in [9.17, 15) is 0 Å². The highest BCUT2D eigenvalue weighted by Crippen LogP contribution is 2.48. The Morgan fingerprint density at radius 3 is 1.93 bits per heavy atom. The first-order valence-electron chi connectivity index (χ1n) is 18.7. The van der Waals surface area contributed by atoms with Crippen LogP contribution >= 0.6 is 11.3 Å². The lowest BCUT2D eigenvalue weighted by molar-refractivity contribution is 0.669. The molecule has 0 bridgehead atoms. The summed E-state index contributed by atoms with van der Waals surface area (Å²) in [6.07, 6.45) is 0. The van der Waals surface area contributed by atoms with Gasteiger partial charge in [0.1, 0.15) is 11.2 Å². The highest BCUT2D eigenvalue weighted by atomic mass is 32.1. The summed E-state index contributed by atoms with van der Waals surface area (Å²) in [6.45, 7) is 0. The van der Waals surface area contributed by atoms with Crippen LogP contribution in [0, 0.1) is 0 Å². The lowest BCUT2D eigenvalue weighted by Crippen LogP contribution is -2.11. The number of fused-ring (bicyclic) bond motifs is 7. The highest BCUT2D eigenvalue weighted by Gasteiger charge is 2.22. The van der Waals surface area contributed by atoms with Crippen molar-refractivity contribution in [2.45, 2.75) is 0 Å². The van der Waals surface area contributed by atoms with Crippen molar-refractivity contribution in [1.29, 1.82) is 0 Å². The number of nitrogens with zero attached hydrogens (tertiary/aromatic N) is 1. The summed E-state index contributed by atoms with van der Waals surface area (Å²) in [5, 5.41) is 7.31. The molecule has 0 N–H and O–H groups in total. The molecule has 3 heteroatoms. The fourth-order valence-corrected chi connectivity index (χ4v) is 9.43. The van der Waals surface area contributed by atoms with Crippen LogP contribution in [0.3, 0.4) is 0 Å². The second-order valence-electron chi connectivity index (χ2n) is 14.1. The summed E-state index contributed by atoms with van der Waals surface area (Å²) in [5.41, 5.74) is 12.2. The summed E-state index contributed by atoms with van der Waals surface area (Å²) >= 11 is 1.85. The number of para-hydroxylation sites is 2. The molecule has 2 nitrogen and oxygen atoms in total. The Hall–Kier alpha value is -6.94. The van der Waals surface area contributed by atoms with Gasteiger partial charge in [0.25, 0.3) is 0 Å². The summed E-state index contributed by atoms with van der Waals surface area (Å²) in [4.78, 5) is 2.45. The van der Waals surface area contributed by atoms with Gasteiger partial charge in [-0.1, -0.05) is 146 Å². The van der Waals surface area contributed by atoms with Gasteiger partial charge >= 0.3 is 0 Å². The zero-order valence-corrected chi connectivity index (χ0v) is 30.6. The Labute approximate surface area is 322 Å². The standard InChI is InChI=1S/C52H33NOS/c1-2-16-40-35(12-1)13-10-20-41(40)36-28-26-34(27-29-36)37-14-9-15-39(32-37)53(47-22-11-25-51-52(47)45-19-5-8-24-50(45)55-51)46-21-6-3-17-42(46)38-30-31-44-43-18-4-7-23-48(43)54-49(44)33-38/h1-33H. The predicted octanol–water partition coefficient (Wildman–Crippen LogP) is 15.6. The second-order valence-corrected chi connectivity index (χ2v) is 15.1. The van der Waals surface area contributed by atoms with Crippen molar-refractivity contribution in [3.8, 4) is 33.4 Å². The van der Waals surface area contributed by atoms with Crippen LogP contribution in [-0.4, -0.2) is 0 Å². The van der Waals surface area contributed by atoms with Crippen LogP contribution in [-0.2, 0) is 0 Å². The minimum Gasteiger partial charge on any atom is -0.456 e. The fourth-order valence-electron chi connectivity index (χ4n) is 8.30. The molecule has 0 aliphatic heterocycles. The molecule has 0 fully saturated rings. The van der Waals surface area contributed by atoms with Gasteiger partial charge in [-0.2, -0.15) is 0 Å². The molecule has 0 spiro atoms. The number of rotatable bonds is 6. The van der Waals surface area contributed by atoms with Crippen LogP contribution in [0.4, 0.5) is 17.1 Å². The van der Waals surface area contributed by atoms with Crippen LogP contribution in [0.2, 0.25) is 0 Å². The minimum absolute atomic E-state index is 0.889.